The van der Waals surface area contributed by atoms with Crippen molar-refractivity contribution in [2.75, 3.05) is 13.1 Å². The van der Waals surface area contributed by atoms with Crippen LogP contribution in [0.15, 0.2) is 122 Å². The van der Waals surface area contributed by atoms with Crippen molar-refractivity contribution < 1.29 is 19.2 Å². The molecule has 14 nitrogen and oxygen atoms in total. The number of hydrogen-bond donors (Lipinski definition) is 6. The van der Waals surface area contributed by atoms with Gasteiger partial charge in [0.25, 0.3) is 0 Å². The Hall–Kier alpha value is -7.22. The molecular formula is C54H60N10O4. The summed E-state index contributed by atoms with van der Waals surface area (Å²) < 4.78 is 0. The Morgan fingerprint density at radius 1 is 0.471 bits per heavy atom. The number of likely N-dealkylation sites (tertiary alicyclic amines) is 2. The lowest BCUT2D eigenvalue weighted by atomic mass is 10.0. The van der Waals surface area contributed by atoms with Crippen LogP contribution in [0.25, 0.3) is 33.6 Å². The molecule has 68 heavy (non-hydrogen) atoms. The van der Waals surface area contributed by atoms with E-state index in [4.69, 9.17) is 9.97 Å². The second-order valence-corrected chi connectivity index (χ2v) is 18.8. The van der Waals surface area contributed by atoms with Crippen LogP contribution in [0.2, 0.25) is 0 Å². The van der Waals surface area contributed by atoms with Crippen LogP contribution in [-0.2, 0) is 9.59 Å². The number of carbonyl (C=O) groups excluding carboxylic acids is 4. The van der Waals surface area contributed by atoms with Crippen molar-refractivity contribution in [3.8, 4) is 33.6 Å². The van der Waals surface area contributed by atoms with Crippen molar-refractivity contribution >= 4 is 23.9 Å². The van der Waals surface area contributed by atoms with Gasteiger partial charge in [-0.25, -0.2) is 19.6 Å². The number of carbonyl (C=O) groups is 4. The maximum atomic E-state index is 14.3. The fourth-order valence-corrected chi connectivity index (χ4v) is 10.7. The molecule has 4 fully saturated rings. The molecule has 10 rings (SSSR count). The van der Waals surface area contributed by atoms with Gasteiger partial charge < -0.3 is 41.0 Å². The van der Waals surface area contributed by atoms with Gasteiger partial charge in [0.1, 0.15) is 23.7 Å². The molecule has 0 bridgehead atoms. The first-order chi connectivity index (χ1) is 33.3. The number of urea groups is 2. The molecule has 6 amide bonds. The molecule has 0 spiro atoms. The smallest absolute Gasteiger partial charge is 0.315 e. The van der Waals surface area contributed by atoms with Gasteiger partial charge in [-0.3, -0.25) is 9.59 Å². The fourth-order valence-electron chi connectivity index (χ4n) is 10.7. The average molecular weight is 913 g/mol. The lowest BCUT2D eigenvalue weighted by molar-refractivity contribution is -0.135. The molecule has 4 aliphatic rings. The van der Waals surface area contributed by atoms with E-state index >= 15 is 0 Å². The number of imidazole rings is 2. The van der Waals surface area contributed by atoms with Crippen LogP contribution in [-0.4, -0.2) is 78.8 Å². The first kappa shape index (κ1) is 44.6. The van der Waals surface area contributed by atoms with E-state index in [1.807, 2.05) is 82.9 Å². The molecule has 2 saturated carbocycles. The first-order valence-electron chi connectivity index (χ1n) is 24.5. The third-order valence-electron chi connectivity index (χ3n) is 14.3. The van der Waals surface area contributed by atoms with Gasteiger partial charge in [0, 0.05) is 25.2 Å². The van der Waals surface area contributed by atoms with E-state index in [-0.39, 0.29) is 48.0 Å². The van der Waals surface area contributed by atoms with E-state index < -0.39 is 12.1 Å². The van der Waals surface area contributed by atoms with Gasteiger partial charge in [0.15, 0.2) is 0 Å². The zero-order valence-electron chi connectivity index (χ0n) is 38.3. The fraction of sp³-hybridized carbons (Fsp3) is 0.370. The van der Waals surface area contributed by atoms with Gasteiger partial charge >= 0.3 is 12.1 Å². The predicted octanol–water partition coefficient (Wildman–Crippen LogP) is 9.43. The second kappa shape index (κ2) is 20.3. The minimum atomic E-state index is -0.809. The molecule has 2 aliphatic carbocycles. The van der Waals surface area contributed by atoms with Crippen LogP contribution in [0, 0.1) is 0 Å². The number of aromatic nitrogens is 4. The van der Waals surface area contributed by atoms with Crippen molar-refractivity contribution in [1.82, 2.24) is 51.0 Å². The summed E-state index contributed by atoms with van der Waals surface area (Å²) in [5, 5.41) is 12.2. The van der Waals surface area contributed by atoms with E-state index in [0.29, 0.717) is 13.1 Å². The van der Waals surface area contributed by atoms with E-state index in [0.717, 1.165) is 133 Å². The highest BCUT2D eigenvalue weighted by atomic mass is 16.2. The summed E-state index contributed by atoms with van der Waals surface area (Å²) in [4.78, 5) is 75.1. The Morgan fingerprint density at radius 2 is 0.838 bits per heavy atom. The third kappa shape index (κ3) is 9.90. The number of amides is 6. The third-order valence-corrected chi connectivity index (χ3v) is 14.3. The maximum absolute atomic E-state index is 14.3. The molecule has 4 aromatic carbocycles. The van der Waals surface area contributed by atoms with Crippen LogP contribution < -0.4 is 21.3 Å². The van der Waals surface area contributed by atoms with Crippen LogP contribution >= 0.6 is 0 Å². The number of benzene rings is 4. The molecule has 14 heteroatoms. The molecule has 0 radical (unpaired) electrons. The lowest BCUT2D eigenvalue weighted by Gasteiger charge is -2.29. The number of H-pyrrole nitrogens is 2. The molecule has 350 valence electrons. The van der Waals surface area contributed by atoms with Gasteiger partial charge in [-0.05, 0) is 84.7 Å². The average Bonchev–Trinajstić information content (AvgIpc) is 4.24. The standard InChI is InChI=1S/C54H60N10O4/c65-51(47(39-13-3-1-4-14-39)61-53(67)57-41-17-7-8-18-41)63-31-11-21-45(63)49-55-33-43(59-49)37-27-23-35(24-28-37)36-25-29-38(30-26-36)44-34-56-50(60-44)46-22-12-32-64(46)52(66)48(40-15-5-2-6-16-40)62-54(68)58-42-19-9-10-20-42/h1-6,13-16,23-30,33-34,41-42,45-48H,7-12,17-22,31-32H2,(H,55,59)(H,56,60)(H2,57,61,67)(H2,58,62,68). The zero-order valence-corrected chi connectivity index (χ0v) is 38.3. The lowest BCUT2D eigenvalue weighted by Crippen LogP contribution is -2.48. The molecule has 4 atom stereocenters. The van der Waals surface area contributed by atoms with Crippen LogP contribution in [0.4, 0.5) is 9.59 Å². The Morgan fingerprint density at radius 3 is 1.22 bits per heavy atom. The Balaban J connectivity index is 0.783. The highest BCUT2D eigenvalue weighted by molar-refractivity contribution is 5.90. The van der Waals surface area contributed by atoms with Crippen molar-refractivity contribution in [3.63, 3.8) is 0 Å². The highest BCUT2D eigenvalue weighted by Gasteiger charge is 2.39. The van der Waals surface area contributed by atoms with Crippen molar-refractivity contribution in [2.45, 2.75) is 113 Å². The van der Waals surface area contributed by atoms with Crippen molar-refractivity contribution in [2.24, 2.45) is 0 Å². The molecule has 4 heterocycles. The van der Waals surface area contributed by atoms with Crippen LogP contribution in [0.5, 0.6) is 0 Å². The quantitative estimate of drug-likeness (QED) is 0.0672. The molecule has 2 saturated heterocycles. The maximum Gasteiger partial charge on any atom is 0.315 e. The largest absolute Gasteiger partial charge is 0.340 e. The number of nitrogens with one attached hydrogen (secondary N) is 6. The normalized spacial score (nSPS) is 19.5. The number of aromatic amines is 2. The molecular weight excluding hydrogens is 853 g/mol. The molecule has 2 aliphatic heterocycles. The van der Waals surface area contributed by atoms with Gasteiger partial charge in [-0.2, -0.15) is 0 Å². The first-order valence-corrected chi connectivity index (χ1v) is 24.5. The Labute approximate surface area is 397 Å². The summed E-state index contributed by atoms with van der Waals surface area (Å²) in [6.07, 6.45) is 15.2. The van der Waals surface area contributed by atoms with Gasteiger partial charge in [0.05, 0.1) is 35.9 Å². The molecule has 2 aromatic heterocycles. The summed E-state index contributed by atoms with van der Waals surface area (Å²) in [7, 11) is 0. The second-order valence-electron chi connectivity index (χ2n) is 18.8. The minimum Gasteiger partial charge on any atom is -0.340 e. The van der Waals surface area contributed by atoms with Gasteiger partial charge in [-0.1, -0.05) is 135 Å². The van der Waals surface area contributed by atoms with Crippen molar-refractivity contribution in [3.05, 3.63) is 144 Å². The van der Waals surface area contributed by atoms with Crippen LogP contribution in [0.3, 0.4) is 0 Å². The number of nitrogens with zero attached hydrogens (tertiary/aromatic N) is 4. The summed E-state index contributed by atoms with van der Waals surface area (Å²) >= 11 is 0. The highest BCUT2D eigenvalue weighted by Crippen LogP contribution is 2.37. The molecule has 4 unspecified atom stereocenters. The van der Waals surface area contributed by atoms with E-state index in [2.05, 4.69) is 79.8 Å². The summed E-state index contributed by atoms with van der Waals surface area (Å²) in [5.41, 5.74) is 7.32. The Kier molecular flexibility index (Phi) is 13.3. The van der Waals surface area contributed by atoms with E-state index in [1.165, 1.54) is 0 Å². The predicted molar refractivity (Wildman–Crippen MR) is 261 cm³/mol. The zero-order chi connectivity index (χ0) is 46.4. The summed E-state index contributed by atoms with van der Waals surface area (Å²) in [6, 6.07) is 33.2. The van der Waals surface area contributed by atoms with E-state index in [9.17, 15) is 19.2 Å². The van der Waals surface area contributed by atoms with Gasteiger partial charge in [0.2, 0.25) is 11.8 Å². The topological polar surface area (TPSA) is 180 Å². The monoisotopic (exact) mass is 912 g/mol. The Bertz CT molecular complexity index is 2490. The summed E-state index contributed by atoms with van der Waals surface area (Å²) in [6.45, 7) is 1.17. The summed E-state index contributed by atoms with van der Waals surface area (Å²) in [5.74, 6) is 1.18. The molecule has 6 aromatic rings. The SMILES string of the molecule is O=C(NC1CCCC1)NC(C(=O)N1CCCC1c1ncc(-c2ccc(-c3ccc(-c4cnc(C5CCCN5C(=O)C(NC(=O)NC5CCCC5)c5ccccc5)[nH]4)cc3)cc2)[nH]1)c1ccccc1. The van der Waals surface area contributed by atoms with Crippen LogP contribution in [0.1, 0.15) is 124 Å². The van der Waals surface area contributed by atoms with Gasteiger partial charge in [-0.15, -0.1) is 0 Å². The molecule has 6 N–H and O–H groups in total. The number of rotatable bonds is 13. The number of hydrogen-bond acceptors (Lipinski definition) is 6. The van der Waals surface area contributed by atoms with E-state index in [1.54, 1.807) is 0 Å². The minimum absolute atomic E-state index is 0.141. The van der Waals surface area contributed by atoms with Crippen molar-refractivity contribution in [1.29, 1.82) is 0 Å².